The molecule has 0 aliphatic carbocycles. The molecule has 1 N–H and O–H groups in total. The average molecular weight is 330 g/mol. The molecule has 1 saturated heterocycles. The average Bonchev–Trinajstić information content (AvgIpc) is 3.00. The number of hydrogen-bond donors (Lipinski definition) is 1. The van der Waals surface area contributed by atoms with Crippen molar-refractivity contribution in [2.24, 2.45) is 0 Å². The molecule has 1 fully saturated rings. The topological polar surface area (TPSA) is 53.4 Å². The zero-order valence-electron chi connectivity index (χ0n) is 13.4. The SMILES string of the molecule is Cc1ncc(C(=O)N2CCCCC2CCc2ccc(O)cc2)s1. The number of phenols is 1. The normalized spacial score (nSPS) is 18.1. The number of aryl methyl sites for hydroxylation is 2. The number of thiazole rings is 1. The van der Waals surface area contributed by atoms with Gasteiger partial charge in [-0.15, -0.1) is 11.3 Å². The Balaban J connectivity index is 1.66. The lowest BCUT2D eigenvalue weighted by molar-refractivity contribution is 0.0606. The predicted octanol–water partition coefficient (Wildman–Crippen LogP) is 3.78. The molecule has 0 radical (unpaired) electrons. The van der Waals surface area contributed by atoms with E-state index in [1.807, 2.05) is 24.0 Å². The summed E-state index contributed by atoms with van der Waals surface area (Å²) in [7, 11) is 0. The fourth-order valence-electron chi connectivity index (χ4n) is 3.17. The zero-order chi connectivity index (χ0) is 16.2. The minimum atomic E-state index is 0.131. The monoisotopic (exact) mass is 330 g/mol. The van der Waals surface area contributed by atoms with Crippen molar-refractivity contribution in [3.05, 3.63) is 45.9 Å². The summed E-state index contributed by atoms with van der Waals surface area (Å²) in [5.41, 5.74) is 1.20. The molecule has 23 heavy (non-hydrogen) atoms. The van der Waals surface area contributed by atoms with E-state index in [2.05, 4.69) is 4.98 Å². The van der Waals surface area contributed by atoms with Crippen molar-refractivity contribution in [1.82, 2.24) is 9.88 Å². The third-order valence-electron chi connectivity index (χ3n) is 4.42. The number of hydrogen-bond acceptors (Lipinski definition) is 4. The largest absolute Gasteiger partial charge is 0.508 e. The third kappa shape index (κ3) is 3.91. The minimum Gasteiger partial charge on any atom is -0.508 e. The van der Waals surface area contributed by atoms with Gasteiger partial charge in [0.15, 0.2) is 0 Å². The van der Waals surface area contributed by atoms with Gasteiger partial charge >= 0.3 is 0 Å². The van der Waals surface area contributed by atoms with Crippen LogP contribution in [0.25, 0.3) is 0 Å². The molecule has 2 heterocycles. The first-order chi connectivity index (χ1) is 11.1. The van der Waals surface area contributed by atoms with Gasteiger partial charge in [-0.2, -0.15) is 0 Å². The summed E-state index contributed by atoms with van der Waals surface area (Å²) in [6.07, 6.45) is 6.94. The molecule has 1 unspecified atom stereocenters. The van der Waals surface area contributed by atoms with E-state index < -0.39 is 0 Å². The first-order valence-electron chi connectivity index (χ1n) is 8.15. The highest BCUT2D eigenvalue weighted by Crippen LogP contribution is 2.25. The first kappa shape index (κ1) is 16.0. The van der Waals surface area contributed by atoms with Crippen LogP contribution in [0.1, 0.15) is 45.9 Å². The van der Waals surface area contributed by atoms with Crippen molar-refractivity contribution >= 4 is 17.2 Å². The van der Waals surface area contributed by atoms with Gasteiger partial charge in [0.2, 0.25) is 0 Å². The third-order valence-corrected chi connectivity index (χ3v) is 5.32. The van der Waals surface area contributed by atoms with Crippen LogP contribution >= 0.6 is 11.3 Å². The summed E-state index contributed by atoms with van der Waals surface area (Å²) >= 11 is 1.48. The summed E-state index contributed by atoms with van der Waals surface area (Å²) < 4.78 is 0. The van der Waals surface area contributed by atoms with Gasteiger partial charge < -0.3 is 10.0 Å². The summed E-state index contributed by atoms with van der Waals surface area (Å²) in [4.78, 5) is 19.7. The van der Waals surface area contributed by atoms with Crippen LogP contribution < -0.4 is 0 Å². The second-order valence-electron chi connectivity index (χ2n) is 6.10. The van der Waals surface area contributed by atoms with E-state index >= 15 is 0 Å². The van der Waals surface area contributed by atoms with E-state index in [-0.39, 0.29) is 5.91 Å². The Labute approximate surface area is 140 Å². The molecule has 1 amide bonds. The molecule has 0 bridgehead atoms. The molecule has 3 rings (SSSR count). The molecule has 4 nitrogen and oxygen atoms in total. The highest BCUT2D eigenvalue weighted by atomic mass is 32.1. The summed E-state index contributed by atoms with van der Waals surface area (Å²) in [5.74, 6) is 0.426. The highest BCUT2D eigenvalue weighted by Gasteiger charge is 2.28. The first-order valence-corrected chi connectivity index (χ1v) is 8.96. The number of phenolic OH excluding ortho intramolecular Hbond substituents is 1. The molecule has 122 valence electrons. The number of rotatable bonds is 4. The van der Waals surface area contributed by atoms with E-state index in [1.54, 1.807) is 18.3 Å². The number of amides is 1. The van der Waals surface area contributed by atoms with Gasteiger partial charge in [0.1, 0.15) is 10.6 Å². The Bertz CT molecular complexity index is 666. The standard InChI is InChI=1S/C18H22N2O2S/c1-13-19-12-17(23-13)18(22)20-11-3-2-4-15(20)8-5-14-6-9-16(21)10-7-14/h6-7,9-10,12,15,21H,2-5,8,11H2,1H3. The fourth-order valence-corrected chi connectivity index (χ4v) is 3.90. The Hall–Kier alpha value is -1.88. The van der Waals surface area contributed by atoms with Crippen molar-refractivity contribution in [3.8, 4) is 5.75 Å². The van der Waals surface area contributed by atoms with E-state index in [0.717, 1.165) is 42.1 Å². The number of carbonyl (C=O) groups excluding carboxylic acids is 1. The molecule has 0 spiro atoms. The van der Waals surface area contributed by atoms with Crippen LogP contribution in [-0.2, 0) is 6.42 Å². The fraction of sp³-hybridized carbons (Fsp3) is 0.444. The van der Waals surface area contributed by atoms with E-state index in [4.69, 9.17) is 0 Å². The molecule has 1 aliphatic rings. The quantitative estimate of drug-likeness (QED) is 0.928. The molecule has 1 atom stereocenters. The second kappa shape index (κ2) is 7.13. The molecular weight excluding hydrogens is 308 g/mol. The number of piperidine rings is 1. The highest BCUT2D eigenvalue weighted by molar-refractivity contribution is 7.13. The predicted molar refractivity (Wildman–Crippen MR) is 92.0 cm³/mol. The Morgan fingerprint density at radius 3 is 2.83 bits per heavy atom. The molecule has 5 heteroatoms. The molecule has 0 saturated carbocycles. The second-order valence-corrected chi connectivity index (χ2v) is 7.33. The summed E-state index contributed by atoms with van der Waals surface area (Å²) in [5, 5.41) is 10.3. The van der Waals surface area contributed by atoms with Gasteiger partial charge in [-0.3, -0.25) is 4.79 Å². The van der Waals surface area contributed by atoms with Crippen LogP contribution in [-0.4, -0.2) is 33.5 Å². The molecule has 2 aromatic rings. The smallest absolute Gasteiger partial charge is 0.265 e. The molecular formula is C18H22N2O2S. The Kier molecular flexibility index (Phi) is 4.96. The van der Waals surface area contributed by atoms with E-state index in [0.29, 0.717) is 11.8 Å². The summed E-state index contributed by atoms with van der Waals surface area (Å²) in [6, 6.07) is 7.65. The van der Waals surface area contributed by atoms with Gasteiger partial charge in [0.25, 0.3) is 5.91 Å². The van der Waals surface area contributed by atoms with Crippen molar-refractivity contribution in [2.75, 3.05) is 6.54 Å². The zero-order valence-corrected chi connectivity index (χ0v) is 14.2. The van der Waals surface area contributed by atoms with Crippen molar-refractivity contribution < 1.29 is 9.90 Å². The molecule has 1 aliphatic heterocycles. The van der Waals surface area contributed by atoms with Crippen LogP contribution in [0, 0.1) is 6.92 Å². The number of nitrogens with zero attached hydrogens (tertiary/aromatic N) is 2. The van der Waals surface area contributed by atoms with Gasteiger partial charge in [-0.05, 0) is 56.7 Å². The van der Waals surface area contributed by atoms with Crippen LogP contribution in [0.5, 0.6) is 5.75 Å². The maximum Gasteiger partial charge on any atom is 0.265 e. The van der Waals surface area contributed by atoms with Crippen molar-refractivity contribution in [3.63, 3.8) is 0 Å². The van der Waals surface area contributed by atoms with Crippen LogP contribution in [0.3, 0.4) is 0 Å². The van der Waals surface area contributed by atoms with Gasteiger partial charge in [0.05, 0.1) is 11.2 Å². The summed E-state index contributed by atoms with van der Waals surface area (Å²) in [6.45, 7) is 2.77. The van der Waals surface area contributed by atoms with Gasteiger partial charge in [0, 0.05) is 12.6 Å². The van der Waals surface area contributed by atoms with Gasteiger partial charge in [-0.1, -0.05) is 12.1 Å². The maximum absolute atomic E-state index is 12.7. The number of benzene rings is 1. The number of aromatic nitrogens is 1. The minimum absolute atomic E-state index is 0.131. The van der Waals surface area contributed by atoms with Crippen LogP contribution in [0.15, 0.2) is 30.5 Å². The van der Waals surface area contributed by atoms with Crippen LogP contribution in [0.4, 0.5) is 0 Å². The lowest BCUT2D eigenvalue weighted by Gasteiger charge is -2.35. The number of carbonyl (C=O) groups is 1. The van der Waals surface area contributed by atoms with Crippen LogP contribution in [0.2, 0.25) is 0 Å². The number of aromatic hydroxyl groups is 1. The number of likely N-dealkylation sites (tertiary alicyclic amines) is 1. The van der Waals surface area contributed by atoms with Crippen molar-refractivity contribution in [1.29, 1.82) is 0 Å². The molecule has 1 aromatic heterocycles. The molecule has 1 aromatic carbocycles. The van der Waals surface area contributed by atoms with E-state index in [9.17, 15) is 9.90 Å². The lowest BCUT2D eigenvalue weighted by atomic mass is 9.95. The Morgan fingerprint density at radius 1 is 1.35 bits per heavy atom. The van der Waals surface area contributed by atoms with Gasteiger partial charge in [-0.25, -0.2) is 4.98 Å². The Morgan fingerprint density at radius 2 is 2.13 bits per heavy atom. The lowest BCUT2D eigenvalue weighted by Crippen LogP contribution is -2.43. The van der Waals surface area contributed by atoms with Crippen molar-refractivity contribution in [2.45, 2.75) is 45.1 Å². The van der Waals surface area contributed by atoms with E-state index in [1.165, 1.54) is 23.3 Å². The maximum atomic E-state index is 12.7.